The highest BCUT2D eigenvalue weighted by molar-refractivity contribution is 9.10. The third kappa shape index (κ3) is 2.14. The van der Waals surface area contributed by atoms with Gasteiger partial charge in [-0.3, -0.25) is 0 Å². The molecule has 0 amide bonds. The first-order valence-corrected chi connectivity index (χ1v) is 5.12. The Kier molecular flexibility index (Phi) is 3.30. The number of aliphatic hydroxyl groups excluding tert-OH is 1. The van der Waals surface area contributed by atoms with E-state index in [0.717, 1.165) is 10.0 Å². The van der Waals surface area contributed by atoms with Gasteiger partial charge in [0.25, 0.3) is 0 Å². The Balaban J connectivity index is 3.08. The Labute approximate surface area is 92.3 Å². The summed E-state index contributed by atoms with van der Waals surface area (Å²) >= 11 is 3.35. The van der Waals surface area contributed by atoms with Gasteiger partial charge >= 0.3 is 0 Å². The smallest absolute Gasteiger partial charge is 0.0981 e. The first-order chi connectivity index (χ1) is 6.49. The molecule has 0 aliphatic carbocycles. The maximum absolute atomic E-state index is 9.98. The van der Waals surface area contributed by atoms with Crippen LogP contribution in [0.3, 0.4) is 0 Å². The predicted octanol–water partition coefficient (Wildman–Crippen LogP) is 3.03. The van der Waals surface area contributed by atoms with E-state index in [-0.39, 0.29) is 0 Å². The lowest BCUT2D eigenvalue weighted by Crippen LogP contribution is -2.20. The van der Waals surface area contributed by atoms with Gasteiger partial charge in [0.2, 0.25) is 0 Å². The van der Waals surface area contributed by atoms with Gasteiger partial charge in [-0.1, -0.05) is 34.1 Å². The fourth-order valence-electron chi connectivity index (χ4n) is 1.15. The second-order valence-electron chi connectivity index (χ2n) is 3.76. The van der Waals surface area contributed by atoms with Crippen LogP contribution in [-0.2, 0) is 0 Å². The quantitative estimate of drug-likeness (QED) is 0.881. The number of rotatable bonds is 2. The summed E-state index contributed by atoms with van der Waals surface area (Å²) in [6.07, 6.45) is -0.775. The van der Waals surface area contributed by atoms with Gasteiger partial charge in [-0.25, -0.2) is 0 Å². The summed E-state index contributed by atoms with van der Waals surface area (Å²) in [4.78, 5) is 0. The molecule has 14 heavy (non-hydrogen) atoms. The molecule has 1 aromatic carbocycles. The standard InChI is InChI=1S/C11H12BrNO/c1-11(2,7-13)10(14)8-5-3-4-6-9(8)12/h3-6,10,14H,1-2H3. The third-order valence-corrected chi connectivity index (χ3v) is 2.89. The minimum atomic E-state index is -0.775. The van der Waals surface area contributed by atoms with Crippen LogP contribution in [0.5, 0.6) is 0 Å². The van der Waals surface area contributed by atoms with Gasteiger partial charge < -0.3 is 5.11 Å². The van der Waals surface area contributed by atoms with Crippen molar-refractivity contribution in [2.45, 2.75) is 20.0 Å². The molecule has 0 fully saturated rings. The molecule has 0 bridgehead atoms. The van der Waals surface area contributed by atoms with E-state index in [9.17, 15) is 5.11 Å². The van der Waals surface area contributed by atoms with E-state index in [1.54, 1.807) is 13.8 Å². The molecule has 74 valence electrons. The number of hydrogen-bond donors (Lipinski definition) is 1. The average molecular weight is 254 g/mol. The lowest BCUT2D eigenvalue weighted by atomic mass is 9.84. The molecule has 0 saturated carbocycles. The minimum Gasteiger partial charge on any atom is -0.387 e. The molecule has 0 spiro atoms. The predicted molar refractivity (Wildman–Crippen MR) is 58.5 cm³/mol. The van der Waals surface area contributed by atoms with E-state index in [4.69, 9.17) is 5.26 Å². The van der Waals surface area contributed by atoms with E-state index < -0.39 is 11.5 Å². The zero-order valence-corrected chi connectivity index (χ0v) is 9.75. The number of nitrogens with zero attached hydrogens (tertiary/aromatic N) is 1. The summed E-state index contributed by atoms with van der Waals surface area (Å²) in [5.41, 5.74) is -0.0248. The molecule has 0 radical (unpaired) electrons. The highest BCUT2D eigenvalue weighted by Crippen LogP contribution is 2.35. The maximum atomic E-state index is 9.98. The monoisotopic (exact) mass is 253 g/mol. The first-order valence-electron chi connectivity index (χ1n) is 4.33. The van der Waals surface area contributed by atoms with E-state index in [1.165, 1.54) is 0 Å². The van der Waals surface area contributed by atoms with Gasteiger partial charge in [0.15, 0.2) is 0 Å². The summed E-state index contributed by atoms with van der Waals surface area (Å²) in [6, 6.07) is 9.48. The molecule has 0 saturated heterocycles. The van der Waals surface area contributed by atoms with Crippen LogP contribution in [0.4, 0.5) is 0 Å². The van der Waals surface area contributed by atoms with Crippen molar-refractivity contribution in [3.63, 3.8) is 0 Å². The molecular weight excluding hydrogens is 242 g/mol. The van der Waals surface area contributed by atoms with Crippen molar-refractivity contribution in [3.8, 4) is 6.07 Å². The summed E-state index contributed by atoms with van der Waals surface area (Å²) in [7, 11) is 0. The molecule has 0 heterocycles. The van der Waals surface area contributed by atoms with Gasteiger partial charge in [0.05, 0.1) is 17.6 Å². The van der Waals surface area contributed by atoms with Gasteiger partial charge in [0.1, 0.15) is 0 Å². The van der Waals surface area contributed by atoms with Gasteiger partial charge in [-0.2, -0.15) is 5.26 Å². The van der Waals surface area contributed by atoms with Gasteiger partial charge in [-0.05, 0) is 25.5 Å². The van der Waals surface area contributed by atoms with Crippen molar-refractivity contribution < 1.29 is 5.11 Å². The van der Waals surface area contributed by atoms with E-state index in [2.05, 4.69) is 22.0 Å². The van der Waals surface area contributed by atoms with Crippen molar-refractivity contribution in [1.29, 1.82) is 5.26 Å². The second-order valence-corrected chi connectivity index (χ2v) is 4.61. The molecule has 1 aromatic rings. The lowest BCUT2D eigenvalue weighted by Gasteiger charge is -2.24. The number of nitriles is 1. The maximum Gasteiger partial charge on any atom is 0.0981 e. The van der Waals surface area contributed by atoms with Crippen molar-refractivity contribution in [2.75, 3.05) is 0 Å². The Morgan fingerprint density at radius 2 is 2.00 bits per heavy atom. The highest BCUT2D eigenvalue weighted by Gasteiger charge is 2.29. The summed E-state index contributed by atoms with van der Waals surface area (Å²) in [5.74, 6) is 0. The normalized spacial score (nSPS) is 13.4. The lowest BCUT2D eigenvalue weighted by molar-refractivity contribution is 0.0861. The van der Waals surface area contributed by atoms with Crippen molar-refractivity contribution in [3.05, 3.63) is 34.3 Å². The molecule has 0 aliphatic heterocycles. The Bertz CT molecular complexity index is 368. The largest absolute Gasteiger partial charge is 0.387 e. The van der Waals surface area contributed by atoms with Crippen LogP contribution in [0.1, 0.15) is 25.5 Å². The van der Waals surface area contributed by atoms with Gasteiger partial charge in [-0.15, -0.1) is 0 Å². The van der Waals surface area contributed by atoms with Crippen LogP contribution in [0, 0.1) is 16.7 Å². The molecule has 0 aromatic heterocycles. The Morgan fingerprint density at radius 1 is 1.43 bits per heavy atom. The zero-order valence-electron chi connectivity index (χ0n) is 8.16. The first kappa shape index (κ1) is 11.2. The summed E-state index contributed by atoms with van der Waals surface area (Å²) in [5, 5.41) is 18.9. The SMILES string of the molecule is CC(C)(C#N)C(O)c1ccccc1Br. The van der Waals surface area contributed by atoms with Crippen molar-refractivity contribution >= 4 is 15.9 Å². The molecule has 1 atom stereocenters. The Hall–Kier alpha value is -0.850. The van der Waals surface area contributed by atoms with Crippen LogP contribution in [0.25, 0.3) is 0 Å². The zero-order chi connectivity index (χ0) is 10.8. The average Bonchev–Trinajstić information content (AvgIpc) is 2.17. The molecule has 0 aliphatic rings. The highest BCUT2D eigenvalue weighted by atomic mass is 79.9. The van der Waals surface area contributed by atoms with E-state index in [1.807, 2.05) is 24.3 Å². The number of halogens is 1. The van der Waals surface area contributed by atoms with E-state index in [0.29, 0.717) is 0 Å². The van der Waals surface area contributed by atoms with Crippen molar-refractivity contribution in [1.82, 2.24) is 0 Å². The Morgan fingerprint density at radius 3 is 2.50 bits per heavy atom. The van der Waals surface area contributed by atoms with Crippen LogP contribution in [-0.4, -0.2) is 5.11 Å². The summed E-state index contributed by atoms with van der Waals surface area (Å²) in [6.45, 7) is 3.44. The van der Waals surface area contributed by atoms with Crippen LogP contribution in [0.15, 0.2) is 28.7 Å². The number of aliphatic hydroxyl groups is 1. The number of hydrogen-bond acceptors (Lipinski definition) is 2. The molecule has 3 heteroatoms. The molecule has 1 N–H and O–H groups in total. The topological polar surface area (TPSA) is 44.0 Å². The fraction of sp³-hybridized carbons (Fsp3) is 0.364. The van der Waals surface area contributed by atoms with E-state index >= 15 is 0 Å². The van der Waals surface area contributed by atoms with Crippen molar-refractivity contribution in [2.24, 2.45) is 5.41 Å². The van der Waals surface area contributed by atoms with Crippen LogP contribution < -0.4 is 0 Å². The fourth-order valence-corrected chi connectivity index (χ4v) is 1.65. The molecule has 1 unspecified atom stereocenters. The van der Waals surface area contributed by atoms with Crippen LogP contribution in [0.2, 0.25) is 0 Å². The number of benzene rings is 1. The molecule has 1 rings (SSSR count). The molecule has 2 nitrogen and oxygen atoms in total. The van der Waals surface area contributed by atoms with Crippen LogP contribution >= 0.6 is 15.9 Å². The minimum absolute atomic E-state index is 0.749. The van der Waals surface area contributed by atoms with Gasteiger partial charge in [0, 0.05) is 4.47 Å². The third-order valence-electron chi connectivity index (χ3n) is 2.17. The summed E-state index contributed by atoms with van der Waals surface area (Å²) < 4.78 is 0.829. The molecular formula is C11H12BrNO. The second kappa shape index (κ2) is 4.12.